The fourth-order valence-corrected chi connectivity index (χ4v) is 3.80. The average Bonchev–Trinajstić information content (AvgIpc) is 2.89. The largest absolute Gasteiger partial charge is 0.493 e. The predicted molar refractivity (Wildman–Crippen MR) is 84.4 cm³/mol. The van der Waals surface area contributed by atoms with Crippen molar-refractivity contribution in [2.45, 2.75) is 23.8 Å². The van der Waals surface area contributed by atoms with Crippen LogP contribution in [0.1, 0.15) is 30.0 Å². The van der Waals surface area contributed by atoms with Crippen LogP contribution in [-0.4, -0.2) is 12.4 Å². The van der Waals surface area contributed by atoms with Crippen LogP contribution in [0.5, 0.6) is 5.75 Å². The smallest absolute Gasteiger partial charge is 0.124 e. The summed E-state index contributed by atoms with van der Waals surface area (Å²) >= 11 is 1.86. The molecule has 1 aliphatic heterocycles. The molecule has 21 heavy (non-hydrogen) atoms. The molecular weight excluding hydrogens is 285 g/mol. The van der Waals surface area contributed by atoms with Gasteiger partial charge in [0.2, 0.25) is 0 Å². The molecule has 110 valence electrons. The Hall–Kier alpha value is -1.52. The molecule has 0 bridgehead atoms. The maximum absolute atomic E-state index is 13.3. The van der Waals surface area contributed by atoms with E-state index in [1.54, 1.807) is 6.07 Å². The second-order valence-corrected chi connectivity index (χ2v) is 6.39. The van der Waals surface area contributed by atoms with Gasteiger partial charge < -0.3 is 10.5 Å². The molecule has 0 fully saturated rings. The summed E-state index contributed by atoms with van der Waals surface area (Å²) in [6.45, 7) is 2.43. The van der Waals surface area contributed by atoms with E-state index in [1.807, 2.05) is 18.7 Å². The van der Waals surface area contributed by atoms with Crippen molar-refractivity contribution < 1.29 is 9.13 Å². The molecule has 0 radical (unpaired) electrons. The summed E-state index contributed by atoms with van der Waals surface area (Å²) < 4.78 is 19.3. The molecule has 2 nitrogen and oxygen atoms in total. The van der Waals surface area contributed by atoms with Crippen LogP contribution in [0.3, 0.4) is 0 Å². The molecular formula is C17H18FNOS. The highest BCUT2D eigenvalue weighted by Crippen LogP contribution is 2.39. The number of nitrogens with two attached hydrogens (primary N) is 1. The number of rotatable bonds is 4. The Morgan fingerprint density at radius 3 is 2.95 bits per heavy atom. The number of halogens is 1. The lowest BCUT2D eigenvalue weighted by Gasteiger charge is -2.17. The van der Waals surface area contributed by atoms with Crippen LogP contribution in [-0.2, 0) is 0 Å². The van der Waals surface area contributed by atoms with E-state index < -0.39 is 0 Å². The van der Waals surface area contributed by atoms with Crippen molar-refractivity contribution in [2.75, 3.05) is 12.4 Å². The van der Waals surface area contributed by atoms with Gasteiger partial charge in [0.05, 0.1) is 6.61 Å². The number of hydrogen-bond acceptors (Lipinski definition) is 3. The lowest BCUT2D eigenvalue weighted by atomic mass is 10.0. The van der Waals surface area contributed by atoms with Crippen molar-refractivity contribution >= 4 is 11.8 Å². The number of benzene rings is 2. The van der Waals surface area contributed by atoms with Crippen molar-refractivity contribution in [3.63, 3.8) is 0 Å². The van der Waals surface area contributed by atoms with E-state index in [2.05, 4.69) is 24.3 Å². The Labute approximate surface area is 128 Å². The van der Waals surface area contributed by atoms with Gasteiger partial charge in [-0.1, -0.05) is 18.2 Å². The van der Waals surface area contributed by atoms with Crippen molar-refractivity contribution in [2.24, 2.45) is 5.73 Å². The molecule has 1 heterocycles. The molecule has 4 heteroatoms. The highest BCUT2D eigenvalue weighted by molar-refractivity contribution is 7.99. The van der Waals surface area contributed by atoms with Crippen molar-refractivity contribution in [1.29, 1.82) is 0 Å². The maximum atomic E-state index is 13.3. The monoisotopic (exact) mass is 303 g/mol. The van der Waals surface area contributed by atoms with Crippen LogP contribution in [0.15, 0.2) is 47.4 Å². The zero-order valence-corrected chi connectivity index (χ0v) is 12.7. The summed E-state index contributed by atoms with van der Waals surface area (Å²) in [6, 6.07) is 12.7. The molecule has 1 aliphatic rings. The first-order valence-electron chi connectivity index (χ1n) is 7.04. The lowest BCUT2D eigenvalue weighted by Crippen LogP contribution is -2.13. The highest BCUT2D eigenvalue weighted by Gasteiger charge is 2.23. The van der Waals surface area contributed by atoms with Crippen molar-refractivity contribution in [1.82, 2.24) is 0 Å². The summed E-state index contributed by atoms with van der Waals surface area (Å²) in [5.74, 6) is 1.79. The summed E-state index contributed by atoms with van der Waals surface area (Å²) in [6.07, 6.45) is 0. The van der Waals surface area contributed by atoms with Gasteiger partial charge in [-0.2, -0.15) is 0 Å². The van der Waals surface area contributed by atoms with Gasteiger partial charge in [0.15, 0.2) is 0 Å². The summed E-state index contributed by atoms with van der Waals surface area (Å²) in [5, 5.41) is 0. The second kappa shape index (κ2) is 6.08. The third-order valence-electron chi connectivity index (χ3n) is 3.70. The van der Waals surface area contributed by atoms with E-state index in [0.717, 1.165) is 5.75 Å². The van der Waals surface area contributed by atoms with Gasteiger partial charge in [-0.05, 0) is 36.8 Å². The predicted octanol–water partition coefficient (Wildman–Crippen LogP) is 4.11. The molecule has 0 saturated carbocycles. The topological polar surface area (TPSA) is 35.2 Å². The lowest BCUT2D eigenvalue weighted by molar-refractivity contribution is 0.293. The Balaban J connectivity index is 1.75. The molecule has 0 saturated heterocycles. The molecule has 1 unspecified atom stereocenters. The fourth-order valence-electron chi connectivity index (χ4n) is 2.56. The van der Waals surface area contributed by atoms with E-state index >= 15 is 0 Å². The van der Waals surface area contributed by atoms with Crippen LogP contribution in [0.4, 0.5) is 4.39 Å². The number of hydrogen-bond donors (Lipinski definition) is 1. The Bertz CT molecular complexity index is 644. The van der Waals surface area contributed by atoms with Gasteiger partial charge in [-0.25, -0.2) is 4.39 Å². The van der Waals surface area contributed by atoms with E-state index in [9.17, 15) is 4.39 Å². The molecule has 2 atom stereocenters. The van der Waals surface area contributed by atoms with E-state index in [4.69, 9.17) is 10.5 Å². The quantitative estimate of drug-likeness (QED) is 0.923. The van der Waals surface area contributed by atoms with Crippen LogP contribution >= 0.6 is 11.8 Å². The van der Waals surface area contributed by atoms with Crippen LogP contribution in [0.25, 0.3) is 0 Å². The maximum Gasteiger partial charge on any atom is 0.124 e. The summed E-state index contributed by atoms with van der Waals surface area (Å²) in [5.41, 5.74) is 7.95. The van der Waals surface area contributed by atoms with Gasteiger partial charge >= 0.3 is 0 Å². The van der Waals surface area contributed by atoms with Gasteiger partial charge in [-0.3, -0.25) is 0 Å². The Morgan fingerprint density at radius 2 is 2.14 bits per heavy atom. The highest BCUT2D eigenvalue weighted by atomic mass is 32.2. The van der Waals surface area contributed by atoms with Gasteiger partial charge in [0.25, 0.3) is 0 Å². The zero-order chi connectivity index (χ0) is 14.8. The molecule has 2 aromatic carbocycles. The van der Waals surface area contributed by atoms with Crippen LogP contribution in [0, 0.1) is 5.82 Å². The standard InChI is InChI=1S/C17H18FNOS/c1-11(19)15-8-13(18)6-7-16(15)20-9-12-10-21-17-5-3-2-4-14(12)17/h2-8,11-12H,9-10,19H2,1H3/t11-,12?/m1/s1. The summed E-state index contributed by atoms with van der Waals surface area (Å²) in [7, 11) is 0. The third-order valence-corrected chi connectivity index (χ3v) is 4.95. The Kier molecular flexibility index (Phi) is 4.17. The molecule has 0 aromatic heterocycles. The number of ether oxygens (including phenoxy) is 1. The Morgan fingerprint density at radius 1 is 1.33 bits per heavy atom. The molecule has 3 rings (SSSR count). The zero-order valence-electron chi connectivity index (χ0n) is 11.9. The fraction of sp³-hybridized carbons (Fsp3) is 0.294. The molecule has 2 aromatic rings. The number of thioether (sulfide) groups is 1. The van der Waals surface area contributed by atoms with E-state index in [0.29, 0.717) is 23.8 Å². The van der Waals surface area contributed by atoms with Gasteiger partial charge in [0.1, 0.15) is 11.6 Å². The van der Waals surface area contributed by atoms with Crippen molar-refractivity contribution in [3.8, 4) is 5.75 Å². The SMILES string of the molecule is C[C@@H](N)c1cc(F)ccc1OCC1CSc2ccccc21. The molecule has 0 amide bonds. The first kappa shape index (κ1) is 14.4. The minimum Gasteiger partial charge on any atom is -0.493 e. The first-order valence-corrected chi connectivity index (χ1v) is 8.03. The minimum absolute atomic E-state index is 0.249. The summed E-state index contributed by atoms with van der Waals surface area (Å²) in [4.78, 5) is 1.33. The van der Waals surface area contributed by atoms with Crippen LogP contribution in [0.2, 0.25) is 0 Å². The second-order valence-electron chi connectivity index (χ2n) is 5.33. The van der Waals surface area contributed by atoms with Crippen molar-refractivity contribution in [3.05, 3.63) is 59.4 Å². The van der Waals surface area contributed by atoms with Gasteiger partial charge in [-0.15, -0.1) is 11.8 Å². The molecule has 0 aliphatic carbocycles. The minimum atomic E-state index is -0.281. The normalized spacial score (nSPS) is 18.3. The molecule has 0 spiro atoms. The third kappa shape index (κ3) is 3.06. The molecule has 2 N–H and O–H groups in total. The van der Waals surface area contributed by atoms with Crippen LogP contribution < -0.4 is 10.5 Å². The van der Waals surface area contributed by atoms with Gasteiger partial charge in [0, 0.05) is 28.2 Å². The van der Waals surface area contributed by atoms with E-state index in [1.165, 1.54) is 22.6 Å². The average molecular weight is 303 g/mol. The van der Waals surface area contributed by atoms with E-state index in [-0.39, 0.29) is 11.9 Å². The number of fused-ring (bicyclic) bond motifs is 1. The first-order chi connectivity index (χ1) is 10.1.